The summed E-state index contributed by atoms with van der Waals surface area (Å²) in [4.78, 5) is 11.2. The van der Waals surface area contributed by atoms with Gasteiger partial charge in [-0.3, -0.25) is 4.79 Å². The number of nitrogens with one attached hydrogen (secondary N) is 1. The van der Waals surface area contributed by atoms with Gasteiger partial charge in [-0.15, -0.1) is 5.73 Å². The summed E-state index contributed by atoms with van der Waals surface area (Å²) >= 11 is 0. The zero-order valence-electron chi connectivity index (χ0n) is 11.1. The van der Waals surface area contributed by atoms with Crippen molar-refractivity contribution in [1.82, 2.24) is 5.32 Å². The highest BCUT2D eigenvalue weighted by Gasteiger charge is 1.98. The molecule has 0 aliphatic rings. The fourth-order valence-corrected chi connectivity index (χ4v) is 1.42. The number of ether oxygens (including phenoxy) is 2. The van der Waals surface area contributed by atoms with Crippen LogP contribution in [0.15, 0.2) is 42.7 Å². The maximum Gasteiger partial charge on any atom is 0.251 e. The molecule has 1 N–H and O–H groups in total. The number of hydrogen-bond donors (Lipinski definition) is 1. The maximum atomic E-state index is 11.2. The Hall–Kier alpha value is -1.87. The molecule has 0 aliphatic heterocycles. The molecule has 0 radical (unpaired) electrons. The molecular weight excluding hydrogens is 242 g/mol. The number of benzene rings is 1. The summed E-state index contributed by atoms with van der Waals surface area (Å²) in [6, 6.07) is 7.90. The molecule has 0 saturated carbocycles. The summed E-state index contributed by atoms with van der Waals surface area (Å²) in [5, 5.41) is 2.73. The van der Waals surface area contributed by atoms with Gasteiger partial charge in [0, 0.05) is 19.7 Å². The van der Waals surface area contributed by atoms with Gasteiger partial charge in [0.25, 0.3) is 5.91 Å². The van der Waals surface area contributed by atoms with Crippen molar-refractivity contribution < 1.29 is 14.3 Å². The van der Waals surface area contributed by atoms with Crippen LogP contribution in [0.1, 0.15) is 11.1 Å². The molecule has 0 heterocycles. The van der Waals surface area contributed by atoms with Crippen molar-refractivity contribution in [2.24, 2.45) is 0 Å². The smallest absolute Gasteiger partial charge is 0.251 e. The molecule has 0 unspecified atom stereocenters. The first-order valence-corrected chi connectivity index (χ1v) is 6.04. The fourth-order valence-electron chi connectivity index (χ4n) is 1.42. The van der Waals surface area contributed by atoms with Crippen LogP contribution >= 0.6 is 0 Å². The molecule has 0 bridgehead atoms. The second-order valence-corrected chi connectivity index (χ2v) is 3.93. The van der Waals surface area contributed by atoms with E-state index in [1.165, 1.54) is 6.08 Å². The first-order valence-electron chi connectivity index (χ1n) is 6.04. The topological polar surface area (TPSA) is 47.6 Å². The Labute approximate surface area is 113 Å². The van der Waals surface area contributed by atoms with Gasteiger partial charge < -0.3 is 14.8 Å². The third-order valence-electron chi connectivity index (χ3n) is 2.42. The molecule has 102 valence electrons. The van der Waals surface area contributed by atoms with Crippen LogP contribution in [0.4, 0.5) is 0 Å². The molecule has 1 amide bonds. The van der Waals surface area contributed by atoms with E-state index in [1.807, 2.05) is 24.3 Å². The predicted octanol–water partition coefficient (Wildman–Crippen LogP) is 1.81. The zero-order valence-corrected chi connectivity index (χ0v) is 11.1. The standard InChI is InChI=1S/C15H19NO3/c1-3-4-15(17)16-11-13-5-7-14(8-6-13)12-19-10-9-18-2/h4-8H,1,9-12H2,2H3,(H,16,17). The van der Waals surface area contributed by atoms with Gasteiger partial charge in [-0.2, -0.15) is 0 Å². The van der Waals surface area contributed by atoms with Crippen LogP contribution in [0.2, 0.25) is 0 Å². The minimum Gasteiger partial charge on any atom is -0.382 e. The Morgan fingerprint density at radius 2 is 2.00 bits per heavy atom. The molecule has 0 spiro atoms. The summed E-state index contributed by atoms with van der Waals surface area (Å²) in [6.07, 6.45) is 1.28. The van der Waals surface area contributed by atoms with E-state index >= 15 is 0 Å². The van der Waals surface area contributed by atoms with Gasteiger partial charge in [0.05, 0.1) is 19.8 Å². The zero-order chi connectivity index (χ0) is 13.9. The highest BCUT2D eigenvalue weighted by molar-refractivity contribution is 5.87. The molecule has 4 heteroatoms. The number of carbonyl (C=O) groups excluding carboxylic acids is 1. The molecule has 1 rings (SSSR count). The molecule has 0 fully saturated rings. The van der Waals surface area contributed by atoms with Crippen LogP contribution in [0, 0.1) is 0 Å². The van der Waals surface area contributed by atoms with Gasteiger partial charge in [-0.1, -0.05) is 30.8 Å². The van der Waals surface area contributed by atoms with Crippen LogP contribution in [0.25, 0.3) is 0 Å². The van der Waals surface area contributed by atoms with Crippen LogP contribution in [-0.4, -0.2) is 26.2 Å². The summed E-state index contributed by atoms with van der Waals surface area (Å²) in [5.74, 6) is -0.193. The minimum absolute atomic E-state index is 0.193. The highest BCUT2D eigenvalue weighted by atomic mass is 16.5. The van der Waals surface area contributed by atoms with Gasteiger partial charge >= 0.3 is 0 Å². The van der Waals surface area contributed by atoms with E-state index in [9.17, 15) is 4.79 Å². The van der Waals surface area contributed by atoms with E-state index in [0.717, 1.165) is 11.1 Å². The van der Waals surface area contributed by atoms with Crippen LogP contribution in [0.5, 0.6) is 0 Å². The van der Waals surface area contributed by atoms with Gasteiger partial charge in [-0.05, 0) is 11.1 Å². The van der Waals surface area contributed by atoms with E-state index < -0.39 is 0 Å². The predicted molar refractivity (Wildman–Crippen MR) is 73.5 cm³/mol. The van der Waals surface area contributed by atoms with Crippen LogP contribution in [-0.2, 0) is 27.4 Å². The average molecular weight is 261 g/mol. The Bertz CT molecular complexity index is 433. The summed E-state index contributed by atoms with van der Waals surface area (Å²) in [5.41, 5.74) is 4.56. The van der Waals surface area contributed by atoms with Gasteiger partial charge in [0.15, 0.2) is 0 Å². The Balaban J connectivity index is 2.34. The Kier molecular flexibility index (Phi) is 7.28. The lowest BCUT2D eigenvalue weighted by molar-refractivity contribution is -0.116. The summed E-state index contributed by atoms with van der Waals surface area (Å²) in [7, 11) is 1.65. The molecule has 0 aliphatic carbocycles. The van der Waals surface area contributed by atoms with Crippen molar-refractivity contribution in [3.63, 3.8) is 0 Å². The maximum absolute atomic E-state index is 11.2. The molecule has 19 heavy (non-hydrogen) atoms. The number of rotatable bonds is 8. The molecular formula is C15H19NO3. The molecule has 1 aromatic carbocycles. The molecule has 0 aromatic heterocycles. The van der Waals surface area contributed by atoms with Crippen LogP contribution < -0.4 is 5.32 Å². The minimum atomic E-state index is -0.193. The monoisotopic (exact) mass is 261 g/mol. The normalized spacial score (nSPS) is 9.74. The lowest BCUT2D eigenvalue weighted by atomic mass is 10.1. The van der Waals surface area contributed by atoms with E-state index in [1.54, 1.807) is 7.11 Å². The van der Waals surface area contributed by atoms with E-state index in [0.29, 0.717) is 26.4 Å². The van der Waals surface area contributed by atoms with Gasteiger partial charge in [0.1, 0.15) is 0 Å². The molecule has 0 atom stereocenters. The first kappa shape index (κ1) is 15.2. The van der Waals surface area contributed by atoms with Crippen molar-refractivity contribution in [3.8, 4) is 0 Å². The largest absolute Gasteiger partial charge is 0.382 e. The van der Waals surface area contributed by atoms with Crippen molar-refractivity contribution in [2.45, 2.75) is 13.2 Å². The Morgan fingerprint density at radius 1 is 1.32 bits per heavy atom. The third-order valence-corrected chi connectivity index (χ3v) is 2.42. The van der Waals surface area contributed by atoms with E-state index in [2.05, 4.69) is 17.6 Å². The lowest BCUT2D eigenvalue weighted by Crippen LogP contribution is -2.19. The Morgan fingerprint density at radius 3 is 2.63 bits per heavy atom. The third kappa shape index (κ3) is 6.58. The number of carbonyl (C=O) groups is 1. The average Bonchev–Trinajstić information content (AvgIpc) is 2.43. The molecule has 4 nitrogen and oxygen atoms in total. The molecule has 0 saturated heterocycles. The fraction of sp³-hybridized carbons (Fsp3) is 0.333. The lowest BCUT2D eigenvalue weighted by Gasteiger charge is -2.06. The highest BCUT2D eigenvalue weighted by Crippen LogP contribution is 2.05. The summed E-state index contributed by atoms with van der Waals surface area (Å²) in [6.45, 7) is 5.58. The van der Waals surface area contributed by atoms with Crippen LogP contribution in [0.3, 0.4) is 0 Å². The van der Waals surface area contributed by atoms with Crippen molar-refractivity contribution in [1.29, 1.82) is 0 Å². The summed E-state index contributed by atoms with van der Waals surface area (Å²) < 4.78 is 10.3. The van der Waals surface area contributed by atoms with E-state index in [-0.39, 0.29) is 5.91 Å². The number of methoxy groups -OCH3 is 1. The number of hydrogen-bond acceptors (Lipinski definition) is 3. The SMILES string of the molecule is C=C=CC(=O)NCc1ccc(COCCOC)cc1. The van der Waals surface area contributed by atoms with Gasteiger partial charge in [-0.25, -0.2) is 0 Å². The van der Waals surface area contributed by atoms with Crippen molar-refractivity contribution in [2.75, 3.05) is 20.3 Å². The second-order valence-electron chi connectivity index (χ2n) is 3.93. The second kappa shape index (κ2) is 9.11. The first-order chi connectivity index (χ1) is 9.26. The number of amides is 1. The van der Waals surface area contributed by atoms with Crippen molar-refractivity contribution in [3.05, 3.63) is 53.8 Å². The van der Waals surface area contributed by atoms with Gasteiger partial charge in [0.2, 0.25) is 0 Å². The van der Waals surface area contributed by atoms with E-state index in [4.69, 9.17) is 9.47 Å². The van der Waals surface area contributed by atoms with Crippen molar-refractivity contribution >= 4 is 5.91 Å². The quantitative estimate of drug-likeness (QED) is 0.441. The molecule has 1 aromatic rings.